The van der Waals surface area contributed by atoms with Gasteiger partial charge in [0.1, 0.15) is 0 Å². The molecule has 12 heteroatoms. The second-order valence-electron chi connectivity index (χ2n) is 7.96. The fraction of sp³-hybridized carbons (Fsp3) is 0.409. The molecule has 0 saturated heterocycles. The number of tetrazole rings is 1. The smallest absolute Gasteiger partial charge is 0.361 e. The number of carbonyl (C=O) groups excluding carboxylic acids is 1. The molecule has 0 aliphatic heterocycles. The van der Waals surface area contributed by atoms with Gasteiger partial charge in [-0.15, -0.1) is 10.2 Å². The van der Waals surface area contributed by atoms with E-state index in [4.69, 9.17) is 14.5 Å². The van der Waals surface area contributed by atoms with Crippen molar-refractivity contribution in [1.82, 2.24) is 39.7 Å². The molecule has 1 aliphatic carbocycles. The molecule has 0 unspecified atom stereocenters. The number of aromatic amines is 1. The molecule has 1 aliphatic rings. The third kappa shape index (κ3) is 3.51. The number of hydrogen-bond donors (Lipinski definition) is 1. The predicted octanol–water partition coefficient (Wildman–Crippen LogP) is 2.28. The van der Waals surface area contributed by atoms with E-state index in [1.54, 1.807) is 20.9 Å². The minimum Gasteiger partial charge on any atom is -0.486 e. The van der Waals surface area contributed by atoms with Crippen molar-refractivity contribution in [3.63, 3.8) is 0 Å². The van der Waals surface area contributed by atoms with Gasteiger partial charge in [0, 0.05) is 18.7 Å². The minimum absolute atomic E-state index is 0.127. The highest BCUT2D eigenvalue weighted by Gasteiger charge is 2.30. The van der Waals surface area contributed by atoms with E-state index in [1.165, 1.54) is 4.57 Å². The van der Waals surface area contributed by atoms with Crippen LogP contribution in [0.2, 0.25) is 0 Å². The van der Waals surface area contributed by atoms with E-state index in [9.17, 15) is 9.59 Å². The lowest BCUT2D eigenvalue weighted by molar-refractivity contribution is 0.0513. The Morgan fingerprint density at radius 1 is 1.18 bits per heavy atom. The Balaban J connectivity index is 1.75. The summed E-state index contributed by atoms with van der Waals surface area (Å²) in [4.78, 5) is 35.2. The van der Waals surface area contributed by atoms with E-state index >= 15 is 0 Å². The Bertz CT molecular complexity index is 1420. The number of ether oxygens (including phenoxy) is 2. The van der Waals surface area contributed by atoms with Crippen LogP contribution < -0.4 is 10.3 Å². The van der Waals surface area contributed by atoms with Crippen molar-refractivity contribution in [3.8, 4) is 28.8 Å². The number of fused-ring (bicyclic) bond motifs is 1. The maximum Gasteiger partial charge on any atom is 0.361 e. The van der Waals surface area contributed by atoms with Crippen LogP contribution in [0.15, 0.2) is 23.0 Å². The van der Waals surface area contributed by atoms with E-state index in [2.05, 4.69) is 30.2 Å². The van der Waals surface area contributed by atoms with Crippen molar-refractivity contribution in [2.45, 2.75) is 39.2 Å². The molecule has 0 radical (unpaired) electrons. The Labute approximate surface area is 193 Å². The molecule has 3 aromatic heterocycles. The number of benzene rings is 1. The standard InChI is InChI=1S/C22H24N8O4/c1-4-33-17-16(22(32)34-5-2)24-19(29(3)21(17)31)20-23-14-10-9-12(18-25-27-28-26-18)11-15(14)30(20)13-7-6-8-13/h9-11,13H,4-8H2,1-3H3,(H,25,26,27,28). The van der Waals surface area contributed by atoms with Gasteiger partial charge in [0.05, 0.1) is 24.2 Å². The van der Waals surface area contributed by atoms with Crippen LogP contribution in [0.1, 0.15) is 49.6 Å². The molecule has 1 fully saturated rings. The molecule has 3 heterocycles. The van der Waals surface area contributed by atoms with Crippen molar-refractivity contribution in [2.24, 2.45) is 7.05 Å². The summed E-state index contributed by atoms with van der Waals surface area (Å²) < 4.78 is 14.1. The van der Waals surface area contributed by atoms with Crippen LogP contribution in [0, 0.1) is 0 Å². The number of nitrogens with zero attached hydrogens (tertiary/aromatic N) is 7. The number of aromatic nitrogens is 8. The van der Waals surface area contributed by atoms with Crippen molar-refractivity contribution >= 4 is 17.0 Å². The first-order valence-corrected chi connectivity index (χ1v) is 11.2. The molecule has 1 N–H and O–H groups in total. The van der Waals surface area contributed by atoms with Crippen LogP contribution in [-0.4, -0.2) is 58.9 Å². The predicted molar refractivity (Wildman–Crippen MR) is 121 cm³/mol. The summed E-state index contributed by atoms with van der Waals surface area (Å²) in [5.74, 6) is 0.397. The van der Waals surface area contributed by atoms with E-state index < -0.39 is 11.5 Å². The van der Waals surface area contributed by atoms with E-state index in [0.717, 1.165) is 35.9 Å². The first-order valence-electron chi connectivity index (χ1n) is 11.2. The SMILES string of the molecule is CCOC(=O)c1nc(-c2nc3ccc(-c4nn[nH]n4)cc3n2C2CCC2)n(C)c(=O)c1OCC. The van der Waals surface area contributed by atoms with Gasteiger partial charge >= 0.3 is 5.97 Å². The summed E-state index contributed by atoms with van der Waals surface area (Å²) in [6.07, 6.45) is 3.04. The molecular formula is C22H24N8O4. The fourth-order valence-corrected chi connectivity index (χ4v) is 4.08. The highest BCUT2D eigenvalue weighted by Crippen LogP contribution is 2.39. The van der Waals surface area contributed by atoms with Crippen molar-refractivity contribution < 1.29 is 14.3 Å². The quantitative estimate of drug-likeness (QED) is 0.407. The number of rotatable bonds is 7. The molecule has 176 valence electrons. The van der Waals surface area contributed by atoms with Gasteiger partial charge in [0.15, 0.2) is 17.3 Å². The van der Waals surface area contributed by atoms with Crippen LogP contribution >= 0.6 is 0 Å². The van der Waals surface area contributed by atoms with Gasteiger partial charge < -0.3 is 14.0 Å². The maximum atomic E-state index is 13.2. The van der Waals surface area contributed by atoms with Crippen LogP contribution in [0.25, 0.3) is 34.1 Å². The minimum atomic E-state index is -0.712. The molecule has 5 rings (SSSR count). The first kappa shape index (κ1) is 21.7. The van der Waals surface area contributed by atoms with E-state index in [-0.39, 0.29) is 36.5 Å². The number of esters is 1. The molecule has 12 nitrogen and oxygen atoms in total. The zero-order chi connectivity index (χ0) is 23.8. The average molecular weight is 464 g/mol. The van der Waals surface area contributed by atoms with Gasteiger partial charge in [-0.05, 0) is 56.5 Å². The van der Waals surface area contributed by atoms with Gasteiger partial charge in [-0.1, -0.05) is 0 Å². The first-order chi connectivity index (χ1) is 16.5. The lowest BCUT2D eigenvalue weighted by Crippen LogP contribution is -2.28. The molecule has 4 aromatic rings. The lowest BCUT2D eigenvalue weighted by Gasteiger charge is -2.29. The largest absolute Gasteiger partial charge is 0.486 e. The number of carbonyl (C=O) groups is 1. The molecule has 0 atom stereocenters. The Morgan fingerprint density at radius 3 is 2.65 bits per heavy atom. The van der Waals surface area contributed by atoms with Gasteiger partial charge in [0.25, 0.3) is 5.56 Å². The van der Waals surface area contributed by atoms with Crippen molar-refractivity contribution in [1.29, 1.82) is 0 Å². The molecule has 34 heavy (non-hydrogen) atoms. The topological polar surface area (TPSA) is 143 Å². The summed E-state index contributed by atoms with van der Waals surface area (Å²) in [6.45, 7) is 3.79. The second-order valence-corrected chi connectivity index (χ2v) is 7.96. The molecule has 1 aromatic carbocycles. The average Bonchev–Trinajstić information content (AvgIpc) is 3.45. The van der Waals surface area contributed by atoms with Crippen LogP contribution in [-0.2, 0) is 11.8 Å². The zero-order valence-corrected chi connectivity index (χ0v) is 19.1. The van der Waals surface area contributed by atoms with Gasteiger partial charge in [-0.2, -0.15) is 5.21 Å². The van der Waals surface area contributed by atoms with E-state index in [1.807, 2.05) is 18.2 Å². The van der Waals surface area contributed by atoms with Gasteiger partial charge in [-0.3, -0.25) is 9.36 Å². The molecule has 0 spiro atoms. The Hall–Kier alpha value is -4.09. The number of hydrogen-bond acceptors (Lipinski definition) is 9. The Morgan fingerprint density at radius 2 is 2.00 bits per heavy atom. The second kappa shape index (κ2) is 8.69. The highest BCUT2D eigenvalue weighted by atomic mass is 16.5. The number of nitrogens with one attached hydrogen (secondary N) is 1. The highest BCUT2D eigenvalue weighted by molar-refractivity contribution is 5.91. The number of imidazole rings is 1. The summed E-state index contributed by atoms with van der Waals surface area (Å²) >= 11 is 0. The van der Waals surface area contributed by atoms with Crippen LogP contribution in [0.4, 0.5) is 0 Å². The summed E-state index contributed by atoms with van der Waals surface area (Å²) in [5, 5.41) is 14.2. The molecule has 0 amide bonds. The molecule has 1 saturated carbocycles. The van der Waals surface area contributed by atoms with Crippen molar-refractivity contribution in [3.05, 3.63) is 34.2 Å². The third-order valence-electron chi connectivity index (χ3n) is 5.94. The van der Waals surface area contributed by atoms with Crippen LogP contribution in [0.5, 0.6) is 5.75 Å². The van der Waals surface area contributed by atoms with Crippen molar-refractivity contribution in [2.75, 3.05) is 13.2 Å². The Kier molecular flexibility index (Phi) is 5.56. The normalized spacial score (nSPS) is 13.7. The van der Waals surface area contributed by atoms with E-state index in [0.29, 0.717) is 11.6 Å². The summed E-state index contributed by atoms with van der Waals surface area (Å²) in [5.41, 5.74) is 1.75. The number of H-pyrrole nitrogens is 1. The van der Waals surface area contributed by atoms with Gasteiger partial charge in [-0.25, -0.2) is 14.8 Å². The van der Waals surface area contributed by atoms with Gasteiger partial charge in [0.2, 0.25) is 11.6 Å². The summed E-state index contributed by atoms with van der Waals surface area (Å²) in [7, 11) is 1.59. The monoisotopic (exact) mass is 464 g/mol. The third-order valence-corrected chi connectivity index (χ3v) is 5.94. The van der Waals surface area contributed by atoms with Crippen LogP contribution in [0.3, 0.4) is 0 Å². The maximum absolute atomic E-state index is 13.2. The zero-order valence-electron chi connectivity index (χ0n) is 19.1. The molecule has 0 bridgehead atoms. The lowest BCUT2D eigenvalue weighted by atomic mass is 9.92. The summed E-state index contributed by atoms with van der Waals surface area (Å²) in [6, 6.07) is 5.88. The fourth-order valence-electron chi connectivity index (χ4n) is 4.08. The molecular weight excluding hydrogens is 440 g/mol.